The highest BCUT2D eigenvalue weighted by atomic mass is 16.5. The van der Waals surface area contributed by atoms with Crippen LogP contribution in [0, 0.1) is 0 Å². The molecular formula is C21H23N3O4. The summed E-state index contributed by atoms with van der Waals surface area (Å²) in [6, 6.07) is 15.7. The van der Waals surface area contributed by atoms with Gasteiger partial charge in [-0.1, -0.05) is 47.6 Å². The zero-order valence-corrected chi connectivity index (χ0v) is 16.0. The van der Waals surface area contributed by atoms with E-state index in [1.165, 1.54) is 0 Å². The van der Waals surface area contributed by atoms with E-state index in [9.17, 15) is 0 Å². The fourth-order valence-corrected chi connectivity index (χ4v) is 3.39. The smallest absolute Gasteiger partial charge is 0.257 e. The molecule has 0 N–H and O–H groups in total. The minimum absolute atomic E-state index is 0.254. The first-order valence-corrected chi connectivity index (χ1v) is 9.21. The zero-order chi connectivity index (χ0) is 19.3. The molecule has 0 unspecified atom stereocenters. The summed E-state index contributed by atoms with van der Waals surface area (Å²) < 4.78 is 22.3. The molecule has 1 atom stereocenters. The first-order chi connectivity index (χ1) is 13.8. The van der Waals surface area contributed by atoms with Crippen LogP contribution in [-0.2, 0) is 11.3 Å². The van der Waals surface area contributed by atoms with Crippen LogP contribution in [0.25, 0.3) is 11.4 Å². The maximum Gasteiger partial charge on any atom is 0.257 e. The van der Waals surface area contributed by atoms with Gasteiger partial charge in [-0.25, -0.2) is 0 Å². The van der Waals surface area contributed by atoms with E-state index in [0.717, 1.165) is 35.7 Å². The molecule has 0 aliphatic carbocycles. The molecule has 1 saturated heterocycles. The van der Waals surface area contributed by atoms with Crippen molar-refractivity contribution in [1.29, 1.82) is 0 Å². The summed E-state index contributed by atoms with van der Waals surface area (Å²) in [5, 5.41) is 4.10. The van der Waals surface area contributed by atoms with Crippen LogP contribution in [0.3, 0.4) is 0 Å². The van der Waals surface area contributed by atoms with Gasteiger partial charge in [-0.3, -0.25) is 4.90 Å². The predicted octanol–water partition coefficient (Wildman–Crippen LogP) is 3.33. The third kappa shape index (κ3) is 3.85. The highest BCUT2D eigenvalue weighted by molar-refractivity contribution is 5.53. The lowest BCUT2D eigenvalue weighted by Gasteiger charge is -2.31. The van der Waals surface area contributed by atoms with Gasteiger partial charge in [0.15, 0.2) is 11.5 Å². The van der Waals surface area contributed by atoms with Gasteiger partial charge in [0.25, 0.3) is 5.89 Å². The van der Waals surface area contributed by atoms with Crippen molar-refractivity contribution in [2.45, 2.75) is 12.6 Å². The summed E-state index contributed by atoms with van der Waals surface area (Å²) in [4.78, 5) is 6.82. The minimum atomic E-state index is -0.254. The first-order valence-electron chi connectivity index (χ1n) is 9.21. The van der Waals surface area contributed by atoms with Crippen LogP contribution in [0.2, 0.25) is 0 Å². The molecule has 0 radical (unpaired) electrons. The zero-order valence-electron chi connectivity index (χ0n) is 16.0. The van der Waals surface area contributed by atoms with Crippen LogP contribution in [0.1, 0.15) is 17.6 Å². The van der Waals surface area contributed by atoms with E-state index in [1.807, 2.05) is 48.5 Å². The van der Waals surface area contributed by atoms with Crippen LogP contribution in [0.15, 0.2) is 53.1 Å². The quantitative estimate of drug-likeness (QED) is 0.649. The second-order valence-corrected chi connectivity index (χ2v) is 6.57. The van der Waals surface area contributed by atoms with Crippen molar-refractivity contribution in [2.75, 3.05) is 33.9 Å². The number of aromatic nitrogens is 2. The molecule has 2 heterocycles. The minimum Gasteiger partial charge on any atom is -0.493 e. The van der Waals surface area contributed by atoms with Gasteiger partial charge in [-0.15, -0.1) is 0 Å². The molecule has 1 aromatic heterocycles. The number of benzene rings is 2. The number of methoxy groups -OCH3 is 2. The lowest BCUT2D eigenvalue weighted by molar-refractivity contribution is -0.0476. The maximum absolute atomic E-state index is 5.89. The van der Waals surface area contributed by atoms with Gasteiger partial charge < -0.3 is 18.7 Å². The van der Waals surface area contributed by atoms with Gasteiger partial charge in [0.2, 0.25) is 5.82 Å². The average Bonchev–Trinajstić information content (AvgIpc) is 3.25. The normalized spacial score (nSPS) is 17.4. The van der Waals surface area contributed by atoms with Crippen LogP contribution in [0.4, 0.5) is 0 Å². The van der Waals surface area contributed by atoms with Gasteiger partial charge in [0.05, 0.1) is 20.8 Å². The molecule has 0 bridgehead atoms. The topological polar surface area (TPSA) is 69.9 Å². The monoisotopic (exact) mass is 381 g/mol. The number of hydrogen-bond acceptors (Lipinski definition) is 7. The van der Waals surface area contributed by atoms with Gasteiger partial charge in [-0.2, -0.15) is 4.98 Å². The van der Waals surface area contributed by atoms with Crippen molar-refractivity contribution < 1.29 is 18.7 Å². The third-order valence-corrected chi connectivity index (χ3v) is 4.78. The van der Waals surface area contributed by atoms with Crippen molar-refractivity contribution in [1.82, 2.24) is 15.0 Å². The molecule has 2 aromatic carbocycles. The van der Waals surface area contributed by atoms with E-state index in [1.54, 1.807) is 14.2 Å². The second kappa shape index (κ2) is 8.41. The summed E-state index contributed by atoms with van der Waals surface area (Å²) in [5.74, 6) is 2.57. The average molecular weight is 381 g/mol. The van der Waals surface area contributed by atoms with E-state index in [4.69, 9.17) is 18.7 Å². The molecule has 0 saturated carbocycles. The summed E-state index contributed by atoms with van der Waals surface area (Å²) in [6.07, 6.45) is -0.254. The highest BCUT2D eigenvalue weighted by Gasteiger charge is 2.28. The van der Waals surface area contributed by atoms with E-state index in [-0.39, 0.29) is 6.10 Å². The van der Waals surface area contributed by atoms with Crippen molar-refractivity contribution in [3.05, 3.63) is 60.0 Å². The number of nitrogens with zero attached hydrogens (tertiary/aromatic N) is 3. The molecule has 1 fully saturated rings. The molecule has 1 aliphatic rings. The van der Waals surface area contributed by atoms with Gasteiger partial charge >= 0.3 is 0 Å². The Morgan fingerprint density at radius 2 is 1.93 bits per heavy atom. The third-order valence-electron chi connectivity index (χ3n) is 4.78. The number of rotatable bonds is 6. The Balaban J connectivity index is 1.48. The molecule has 0 amide bonds. The predicted molar refractivity (Wildman–Crippen MR) is 103 cm³/mol. The standard InChI is InChI=1S/C21H23N3O4/c1-25-17-10-6-9-16(19(17)26-2)13-24-11-12-27-18(14-24)21-22-20(23-28-21)15-7-4-3-5-8-15/h3-10,18H,11-14H2,1-2H3/t18-/m0/s1. The lowest BCUT2D eigenvalue weighted by Crippen LogP contribution is -2.38. The van der Waals surface area contributed by atoms with Crippen LogP contribution in [0.5, 0.6) is 11.5 Å². The SMILES string of the molecule is COc1cccc(CN2CCO[C@H](c3nc(-c4ccccc4)no3)C2)c1OC. The fourth-order valence-electron chi connectivity index (χ4n) is 3.39. The molecule has 7 nitrogen and oxygen atoms in total. The Bertz CT molecular complexity index is 913. The Hall–Kier alpha value is -2.90. The molecule has 3 aromatic rings. The molecule has 7 heteroatoms. The van der Waals surface area contributed by atoms with Gasteiger partial charge in [-0.05, 0) is 6.07 Å². The van der Waals surface area contributed by atoms with Crippen molar-refractivity contribution >= 4 is 0 Å². The fraction of sp³-hybridized carbons (Fsp3) is 0.333. The second-order valence-electron chi connectivity index (χ2n) is 6.57. The molecule has 146 valence electrons. The highest BCUT2D eigenvalue weighted by Crippen LogP contribution is 2.32. The van der Waals surface area contributed by atoms with E-state index < -0.39 is 0 Å². The van der Waals surface area contributed by atoms with Crippen molar-refractivity contribution in [2.24, 2.45) is 0 Å². The summed E-state index contributed by atoms with van der Waals surface area (Å²) in [7, 11) is 3.30. The summed E-state index contributed by atoms with van der Waals surface area (Å²) in [5.41, 5.74) is 1.99. The Labute approximate surface area is 163 Å². The molecule has 0 spiro atoms. The molecule has 1 aliphatic heterocycles. The maximum atomic E-state index is 5.89. The van der Waals surface area contributed by atoms with Gasteiger partial charge in [0.1, 0.15) is 6.10 Å². The van der Waals surface area contributed by atoms with Crippen LogP contribution in [-0.4, -0.2) is 49.0 Å². The van der Waals surface area contributed by atoms with Crippen molar-refractivity contribution in [3.8, 4) is 22.9 Å². The number of hydrogen-bond donors (Lipinski definition) is 0. The Morgan fingerprint density at radius 1 is 1.07 bits per heavy atom. The van der Waals surface area contributed by atoms with Gasteiger partial charge in [0, 0.05) is 30.8 Å². The van der Waals surface area contributed by atoms with E-state index >= 15 is 0 Å². The lowest BCUT2D eigenvalue weighted by atomic mass is 10.1. The largest absolute Gasteiger partial charge is 0.493 e. The summed E-state index contributed by atoms with van der Waals surface area (Å²) in [6.45, 7) is 2.80. The van der Waals surface area contributed by atoms with Crippen LogP contribution >= 0.6 is 0 Å². The number of para-hydroxylation sites is 1. The molecule has 28 heavy (non-hydrogen) atoms. The Morgan fingerprint density at radius 3 is 2.71 bits per heavy atom. The number of morpholine rings is 1. The van der Waals surface area contributed by atoms with Crippen molar-refractivity contribution in [3.63, 3.8) is 0 Å². The van der Waals surface area contributed by atoms with Crippen LogP contribution < -0.4 is 9.47 Å². The first kappa shape index (κ1) is 18.5. The Kier molecular flexibility index (Phi) is 5.55. The molecular weight excluding hydrogens is 358 g/mol. The summed E-state index contributed by atoms with van der Waals surface area (Å²) >= 11 is 0. The van der Waals surface area contributed by atoms with E-state index in [2.05, 4.69) is 15.0 Å². The number of ether oxygens (including phenoxy) is 3. The van der Waals surface area contributed by atoms with E-state index in [0.29, 0.717) is 24.9 Å². The molecule has 4 rings (SSSR count).